The molecule has 84 valence electrons. The maximum absolute atomic E-state index is 5.58. The predicted molar refractivity (Wildman–Crippen MR) is 64.4 cm³/mol. The van der Waals surface area contributed by atoms with Crippen molar-refractivity contribution in [3.8, 4) is 0 Å². The van der Waals surface area contributed by atoms with Crippen molar-refractivity contribution in [3.05, 3.63) is 24.0 Å². The third kappa shape index (κ3) is 4.79. The number of aromatic nitrogens is 1. The normalized spacial score (nSPS) is 12.1. The zero-order valence-electron chi connectivity index (χ0n) is 10.1. The van der Waals surface area contributed by atoms with Crippen LogP contribution in [0, 0.1) is 5.41 Å². The number of hydrogen-bond acceptors (Lipinski definition) is 3. The Kier molecular flexibility index (Phi) is 3.69. The Morgan fingerprint density at radius 2 is 2.00 bits per heavy atom. The van der Waals surface area contributed by atoms with Gasteiger partial charge < -0.3 is 10.6 Å². The Morgan fingerprint density at radius 3 is 2.47 bits per heavy atom. The first-order valence-electron chi connectivity index (χ1n) is 5.26. The second-order valence-electron chi connectivity index (χ2n) is 5.32. The van der Waals surface area contributed by atoms with E-state index >= 15 is 0 Å². The third-order valence-electron chi connectivity index (χ3n) is 2.02. The molecule has 0 unspecified atom stereocenters. The van der Waals surface area contributed by atoms with Gasteiger partial charge in [0.05, 0.1) is 17.6 Å². The zero-order valence-corrected chi connectivity index (χ0v) is 10.1. The van der Waals surface area contributed by atoms with Gasteiger partial charge >= 0.3 is 0 Å². The van der Waals surface area contributed by atoms with Gasteiger partial charge in [-0.25, -0.2) is 0 Å². The van der Waals surface area contributed by atoms with Crippen LogP contribution in [0.4, 0.5) is 5.69 Å². The van der Waals surface area contributed by atoms with E-state index in [1.807, 2.05) is 12.1 Å². The van der Waals surface area contributed by atoms with Crippen LogP contribution in [-0.2, 0) is 6.54 Å². The van der Waals surface area contributed by atoms with E-state index in [1.54, 1.807) is 6.20 Å². The van der Waals surface area contributed by atoms with Crippen molar-refractivity contribution in [1.82, 2.24) is 9.88 Å². The van der Waals surface area contributed by atoms with Gasteiger partial charge in [0, 0.05) is 13.1 Å². The molecular weight excluding hydrogens is 186 g/mol. The smallest absolute Gasteiger partial charge is 0.0545 e. The first kappa shape index (κ1) is 12.0. The maximum Gasteiger partial charge on any atom is 0.0545 e. The van der Waals surface area contributed by atoms with Gasteiger partial charge in [-0.3, -0.25) is 4.98 Å². The van der Waals surface area contributed by atoms with Gasteiger partial charge in [-0.1, -0.05) is 20.8 Å². The highest BCUT2D eigenvalue weighted by Gasteiger charge is 2.13. The number of nitrogens with zero attached hydrogens (tertiary/aromatic N) is 2. The molecule has 0 fully saturated rings. The van der Waals surface area contributed by atoms with Crippen LogP contribution in [0.3, 0.4) is 0 Å². The highest BCUT2D eigenvalue weighted by atomic mass is 15.1. The molecule has 0 aliphatic heterocycles. The van der Waals surface area contributed by atoms with Crippen LogP contribution in [0.1, 0.15) is 26.5 Å². The summed E-state index contributed by atoms with van der Waals surface area (Å²) >= 11 is 0. The van der Waals surface area contributed by atoms with E-state index in [-0.39, 0.29) is 0 Å². The Morgan fingerprint density at radius 1 is 1.33 bits per heavy atom. The van der Waals surface area contributed by atoms with Crippen LogP contribution in [0.2, 0.25) is 0 Å². The Balaban J connectivity index is 2.51. The van der Waals surface area contributed by atoms with Crippen LogP contribution in [0.5, 0.6) is 0 Å². The van der Waals surface area contributed by atoms with E-state index in [1.165, 1.54) is 0 Å². The lowest BCUT2D eigenvalue weighted by Gasteiger charge is -2.26. The highest BCUT2D eigenvalue weighted by molar-refractivity contribution is 5.34. The number of anilines is 1. The fraction of sp³-hybridized carbons (Fsp3) is 0.583. The van der Waals surface area contributed by atoms with E-state index in [4.69, 9.17) is 5.73 Å². The fourth-order valence-corrected chi connectivity index (χ4v) is 1.67. The molecule has 1 aromatic rings. The number of hydrogen-bond donors (Lipinski definition) is 1. The van der Waals surface area contributed by atoms with Crippen molar-refractivity contribution < 1.29 is 0 Å². The molecule has 2 N–H and O–H groups in total. The molecule has 1 rings (SSSR count). The molecule has 0 saturated carbocycles. The number of pyridine rings is 1. The topological polar surface area (TPSA) is 42.1 Å². The molecule has 0 saturated heterocycles. The Bertz CT molecular complexity index is 298. The van der Waals surface area contributed by atoms with E-state index in [0.29, 0.717) is 5.41 Å². The second kappa shape index (κ2) is 4.62. The molecule has 0 spiro atoms. The first-order valence-corrected chi connectivity index (χ1v) is 5.26. The van der Waals surface area contributed by atoms with Gasteiger partial charge in [0.15, 0.2) is 0 Å². The zero-order chi connectivity index (χ0) is 11.5. The minimum Gasteiger partial charge on any atom is -0.397 e. The van der Waals surface area contributed by atoms with Crippen LogP contribution in [0.25, 0.3) is 0 Å². The molecule has 3 heteroatoms. The minimum absolute atomic E-state index is 0.322. The Labute approximate surface area is 92.3 Å². The molecule has 0 bridgehead atoms. The summed E-state index contributed by atoms with van der Waals surface area (Å²) in [6.45, 7) is 8.64. The van der Waals surface area contributed by atoms with E-state index in [9.17, 15) is 0 Å². The van der Waals surface area contributed by atoms with E-state index < -0.39 is 0 Å². The lowest BCUT2D eigenvalue weighted by molar-refractivity contribution is 0.219. The molecular formula is C12H21N3. The lowest BCUT2D eigenvalue weighted by Crippen LogP contribution is -2.29. The highest BCUT2D eigenvalue weighted by Crippen LogP contribution is 2.15. The summed E-state index contributed by atoms with van der Waals surface area (Å²) < 4.78 is 0. The average molecular weight is 207 g/mol. The minimum atomic E-state index is 0.322. The monoisotopic (exact) mass is 207 g/mol. The van der Waals surface area contributed by atoms with Crippen molar-refractivity contribution in [2.45, 2.75) is 27.3 Å². The van der Waals surface area contributed by atoms with Crippen molar-refractivity contribution in [3.63, 3.8) is 0 Å². The van der Waals surface area contributed by atoms with Gasteiger partial charge in [0.2, 0.25) is 0 Å². The van der Waals surface area contributed by atoms with Crippen molar-refractivity contribution >= 4 is 5.69 Å². The van der Waals surface area contributed by atoms with Crippen molar-refractivity contribution in [2.75, 3.05) is 19.3 Å². The standard InChI is InChI=1S/C12H21N3/c1-12(2,3)9-15(4)8-11-6-5-10(13)7-14-11/h5-7H,8-9,13H2,1-4H3. The van der Waals surface area contributed by atoms with Crippen molar-refractivity contribution in [1.29, 1.82) is 0 Å². The summed E-state index contributed by atoms with van der Waals surface area (Å²) in [6, 6.07) is 3.88. The molecule has 0 amide bonds. The Hall–Kier alpha value is -1.09. The summed E-state index contributed by atoms with van der Waals surface area (Å²) in [6.07, 6.45) is 1.71. The quantitative estimate of drug-likeness (QED) is 0.825. The fourth-order valence-electron chi connectivity index (χ4n) is 1.67. The van der Waals surface area contributed by atoms with Crippen molar-refractivity contribution in [2.24, 2.45) is 5.41 Å². The molecule has 1 heterocycles. The maximum atomic E-state index is 5.58. The van der Waals surface area contributed by atoms with Crippen LogP contribution < -0.4 is 5.73 Å². The molecule has 1 aromatic heterocycles. The molecule has 0 aromatic carbocycles. The van der Waals surface area contributed by atoms with Gasteiger partial charge in [-0.2, -0.15) is 0 Å². The molecule has 0 aliphatic carbocycles. The van der Waals surface area contributed by atoms with Gasteiger partial charge in [0.25, 0.3) is 0 Å². The summed E-state index contributed by atoms with van der Waals surface area (Å²) in [5, 5.41) is 0. The van der Waals surface area contributed by atoms with Crippen LogP contribution in [-0.4, -0.2) is 23.5 Å². The van der Waals surface area contributed by atoms with Gasteiger partial charge in [-0.05, 0) is 24.6 Å². The number of rotatable bonds is 3. The van der Waals surface area contributed by atoms with Crippen LogP contribution >= 0.6 is 0 Å². The lowest BCUT2D eigenvalue weighted by atomic mass is 9.96. The SMILES string of the molecule is CN(Cc1ccc(N)cn1)CC(C)(C)C. The summed E-state index contributed by atoms with van der Waals surface area (Å²) in [5.41, 5.74) is 7.69. The summed E-state index contributed by atoms with van der Waals surface area (Å²) in [4.78, 5) is 6.56. The molecule has 0 aliphatic rings. The summed E-state index contributed by atoms with van der Waals surface area (Å²) in [5.74, 6) is 0. The molecule has 0 atom stereocenters. The number of nitrogen functional groups attached to an aromatic ring is 1. The van der Waals surface area contributed by atoms with E-state index in [0.717, 1.165) is 24.5 Å². The number of nitrogens with two attached hydrogens (primary N) is 1. The first-order chi connectivity index (χ1) is 6.87. The van der Waals surface area contributed by atoms with Gasteiger partial charge in [-0.15, -0.1) is 0 Å². The predicted octanol–water partition coefficient (Wildman–Crippen LogP) is 2.14. The van der Waals surface area contributed by atoms with E-state index in [2.05, 4.69) is 37.7 Å². The second-order valence-corrected chi connectivity index (χ2v) is 5.32. The largest absolute Gasteiger partial charge is 0.397 e. The van der Waals surface area contributed by atoms with Gasteiger partial charge in [0.1, 0.15) is 0 Å². The average Bonchev–Trinajstić information content (AvgIpc) is 2.05. The molecule has 0 radical (unpaired) electrons. The third-order valence-corrected chi connectivity index (χ3v) is 2.02. The van der Waals surface area contributed by atoms with Crippen LogP contribution in [0.15, 0.2) is 18.3 Å². The molecule has 3 nitrogen and oxygen atoms in total. The summed E-state index contributed by atoms with van der Waals surface area (Å²) in [7, 11) is 2.11. The molecule has 15 heavy (non-hydrogen) atoms.